The van der Waals surface area contributed by atoms with Crippen molar-refractivity contribution in [3.8, 4) is 0 Å². The Morgan fingerprint density at radius 3 is 2.82 bits per heavy atom. The van der Waals surface area contributed by atoms with Crippen LogP contribution in [0.2, 0.25) is 10.2 Å². The van der Waals surface area contributed by atoms with Gasteiger partial charge in [-0.1, -0.05) is 23.2 Å². The van der Waals surface area contributed by atoms with Crippen LogP contribution in [-0.4, -0.2) is 19.7 Å². The van der Waals surface area contributed by atoms with Gasteiger partial charge in [-0.25, -0.2) is 4.98 Å². The van der Waals surface area contributed by atoms with Crippen LogP contribution in [0.25, 0.3) is 0 Å². The maximum absolute atomic E-state index is 10.6. The largest absolute Gasteiger partial charge is 0.408 e. The molecule has 0 aromatic carbocycles. The number of rotatable bonds is 3. The fourth-order valence-electron chi connectivity index (χ4n) is 1.32. The van der Waals surface area contributed by atoms with Crippen LogP contribution in [0.3, 0.4) is 0 Å². The summed E-state index contributed by atoms with van der Waals surface area (Å²) in [5.41, 5.74) is 0.832. The number of nitro groups is 1. The number of pyridine rings is 1. The molecule has 0 fully saturated rings. The Kier molecular flexibility index (Phi) is 3.26. The molecule has 88 valence electrons. The van der Waals surface area contributed by atoms with Crippen LogP contribution >= 0.6 is 23.2 Å². The van der Waals surface area contributed by atoms with Gasteiger partial charge in [0.2, 0.25) is 0 Å². The van der Waals surface area contributed by atoms with Gasteiger partial charge >= 0.3 is 5.82 Å². The fraction of sp³-hybridized carbons (Fsp3) is 0.111. The van der Waals surface area contributed by atoms with E-state index in [4.69, 9.17) is 23.2 Å². The van der Waals surface area contributed by atoms with Gasteiger partial charge in [-0.15, -0.1) is 0 Å². The molecule has 0 N–H and O–H groups in total. The van der Waals surface area contributed by atoms with Gasteiger partial charge in [-0.2, -0.15) is 4.68 Å². The van der Waals surface area contributed by atoms with Crippen LogP contribution in [0.1, 0.15) is 5.56 Å². The predicted molar refractivity (Wildman–Crippen MR) is 62.2 cm³/mol. The second kappa shape index (κ2) is 4.68. The summed E-state index contributed by atoms with van der Waals surface area (Å²) in [6.07, 6.45) is 2.95. The molecule has 2 aromatic heterocycles. The first kappa shape index (κ1) is 11.8. The minimum Gasteiger partial charge on any atom is -0.358 e. The van der Waals surface area contributed by atoms with Crippen molar-refractivity contribution in [3.05, 3.63) is 50.4 Å². The number of aromatic nitrogens is 3. The molecule has 0 spiro atoms. The van der Waals surface area contributed by atoms with E-state index in [-0.39, 0.29) is 10.8 Å². The number of nitrogens with zero attached hydrogens (tertiary/aromatic N) is 4. The Morgan fingerprint density at radius 2 is 2.24 bits per heavy atom. The lowest BCUT2D eigenvalue weighted by Gasteiger charge is -1.97. The van der Waals surface area contributed by atoms with Gasteiger partial charge in [0.1, 0.15) is 5.15 Å². The molecule has 0 aliphatic carbocycles. The quantitative estimate of drug-likeness (QED) is 0.489. The molecule has 0 saturated carbocycles. The van der Waals surface area contributed by atoms with E-state index in [0.717, 1.165) is 5.56 Å². The van der Waals surface area contributed by atoms with Crippen LogP contribution in [0.4, 0.5) is 5.82 Å². The molecule has 2 aromatic rings. The molecule has 0 aliphatic heterocycles. The Hall–Kier alpha value is -1.66. The standard InChI is InChI=1S/C9H6Cl2N4O2/c10-7-5-14(13-9(7)15(16)17)4-6-1-2-12-8(11)3-6/h1-3,5H,4H2. The van der Waals surface area contributed by atoms with Crippen molar-refractivity contribution in [2.24, 2.45) is 0 Å². The molecule has 0 aliphatic rings. The summed E-state index contributed by atoms with van der Waals surface area (Å²) in [5.74, 6) is -0.355. The van der Waals surface area contributed by atoms with E-state index >= 15 is 0 Å². The summed E-state index contributed by atoms with van der Waals surface area (Å²) >= 11 is 11.4. The SMILES string of the molecule is O=[N+]([O-])c1nn(Cc2ccnc(Cl)c2)cc1Cl. The minimum atomic E-state index is -0.627. The van der Waals surface area contributed by atoms with E-state index in [1.54, 1.807) is 18.3 Å². The molecule has 8 heteroatoms. The summed E-state index contributed by atoms with van der Waals surface area (Å²) in [4.78, 5) is 13.8. The van der Waals surface area contributed by atoms with E-state index in [2.05, 4.69) is 10.1 Å². The molecule has 0 atom stereocenters. The van der Waals surface area contributed by atoms with Gasteiger partial charge in [0.05, 0.1) is 17.8 Å². The monoisotopic (exact) mass is 272 g/mol. The maximum atomic E-state index is 10.6. The number of hydrogen-bond donors (Lipinski definition) is 0. The summed E-state index contributed by atoms with van der Waals surface area (Å²) < 4.78 is 1.38. The lowest BCUT2D eigenvalue weighted by Crippen LogP contribution is -2.01. The van der Waals surface area contributed by atoms with Crippen LogP contribution in [0.5, 0.6) is 0 Å². The molecular weight excluding hydrogens is 267 g/mol. The van der Waals surface area contributed by atoms with E-state index in [9.17, 15) is 10.1 Å². The molecule has 6 nitrogen and oxygen atoms in total. The lowest BCUT2D eigenvalue weighted by atomic mass is 10.3. The molecule has 0 amide bonds. The third kappa shape index (κ3) is 2.72. The second-order valence-electron chi connectivity index (χ2n) is 3.24. The highest BCUT2D eigenvalue weighted by Gasteiger charge is 2.18. The van der Waals surface area contributed by atoms with Crippen molar-refractivity contribution >= 4 is 29.0 Å². The Labute approximate surface area is 106 Å². The van der Waals surface area contributed by atoms with E-state index < -0.39 is 4.92 Å². The second-order valence-corrected chi connectivity index (χ2v) is 4.04. The summed E-state index contributed by atoms with van der Waals surface area (Å²) in [5, 5.41) is 14.7. The molecular formula is C9H6Cl2N4O2. The molecule has 2 heterocycles. The first-order valence-corrected chi connectivity index (χ1v) is 5.29. The van der Waals surface area contributed by atoms with Crippen molar-refractivity contribution in [2.45, 2.75) is 6.54 Å². The number of halogens is 2. The van der Waals surface area contributed by atoms with E-state index in [1.807, 2.05) is 0 Å². The summed E-state index contributed by atoms with van der Waals surface area (Å²) in [7, 11) is 0. The summed E-state index contributed by atoms with van der Waals surface area (Å²) in [6.45, 7) is 0.343. The smallest absolute Gasteiger partial charge is 0.358 e. The highest BCUT2D eigenvalue weighted by atomic mass is 35.5. The van der Waals surface area contributed by atoms with E-state index in [1.165, 1.54) is 10.9 Å². The van der Waals surface area contributed by atoms with Crippen LogP contribution in [0.15, 0.2) is 24.5 Å². The van der Waals surface area contributed by atoms with Crippen molar-refractivity contribution in [3.63, 3.8) is 0 Å². The zero-order valence-electron chi connectivity index (χ0n) is 8.38. The van der Waals surface area contributed by atoms with E-state index in [0.29, 0.717) is 11.7 Å². The van der Waals surface area contributed by atoms with Gasteiger partial charge in [0.25, 0.3) is 0 Å². The highest BCUT2D eigenvalue weighted by Crippen LogP contribution is 2.21. The Balaban J connectivity index is 2.25. The molecule has 0 unspecified atom stereocenters. The van der Waals surface area contributed by atoms with Gasteiger partial charge in [0, 0.05) is 6.20 Å². The minimum absolute atomic E-state index is 0.00940. The maximum Gasteiger partial charge on any atom is 0.408 e. The zero-order valence-corrected chi connectivity index (χ0v) is 9.89. The Morgan fingerprint density at radius 1 is 1.47 bits per heavy atom. The fourth-order valence-corrected chi connectivity index (χ4v) is 1.74. The molecule has 17 heavy (non-hydrogen) atoms. The predicted octanol–water partition coefficient (Wildman–Crippen LogP) is 2.54. The van der Waals surface area contributed by atoms with Crippen molar-refractivity contribution < 1.29 is 4.92 Å². The van der Waals surface area contributed by atoms with Gasteiger partial charge in [0.15, 0.2) is 5.02 Å². The van der Waals surface area contributed by atoms with Crippen molar-refractivity contribution in [2.75, 3.05) is 0 Å². The molecule has 2 rings (SSSR count). The van der Waals surface area contributed by atoms with Crippen molar-refractivity contribution in [1.29, 1.82) is 0 Å². The summed E-state index contributed by atoms with van der Waals surface area (Å²) in [6, 6.07) is 3.40. The van der Waals surface area contributed by atoms with Crippen LogP contribution < -0.4 is 0 Å². The van der Waals surface area contributed by atoms with Crippen molar-refractivity contribution in [1.82, 2.24) is 14.8 Å². The Bertz CT molecular complexity index is 570. The average Bonchev–Trinajstić information content (AvgIpc) is 2.59. The third-order valence-electron chi connectivity index (χ3n) is 2.01. The topological polar surface area (TPSA) is 73.8 Å². The van der Waals surface area contributed by atoms with Crippen LogP contribution in [-0.2, 0) is 6.54 Å². The molecule has 0 saturated heterocycles. The first-order chi connectivity index (χ1) is 8.06. The zero-order chi connectivity index (χ0) is 12.4. The molecule has 0 radical (unpaired) electrons. The average molecular weight is 273 g/mol. The highest BCUT2D eigenvalue weighted by molar-refractivity contribution is 6.32. The first-order valence-electron chi connectivity index (χ1n) is 4.54. The molecule has 0 bridgehead atoms. The van der Waals surface area contributed by atoms with Gasteiger partial charge in [-0.3, -0.25) is 0 Å². The normalized spacial score (nSPS) is 10.5. The van der Waals surface area contributed by atoms with Gasteiger partial charge < -0.3 is 10.1 Å². The number of hydrogen-bond acceptors (Lipinski definition) is 4. The lowest BCUT2D eigenvalue weighted by molar-refractivity contribution is -0.389. The third-order valence-corrected chi connectivity index (χ3v) is 2.48. The van der Waals surface area contributed by atoms with Crippen LogP contribution in [0, 0.1) is 10.1 Å². The van der Waals surface area contributed by atoms with Gasteiger partial charge in [-0.05, 0) is 22.6 Å².